The third kappa shape index (κ3) is 1.41. The summed E-state index contributed by atoms with van der Waals surface area (Å²) in [6, 6.07) is 1.73. The lowest BCUT2D eigenvalue weighted by molar-refractivity contribution is 0.565. The number of rotatable bonds is 1. The second kappa shape index (κ2) is 3.21. The van der Waals surface area contributed by atoms with Gasteiger partial charge in [0.2, 0.25) is 0 Å². The summed E-state index contributed by atoms with van der Waals surface area (Å²) in [6.45, 7) is 0. The molecule has 2 heterocycles. The first-order valence-corrected chi connectivity index (χ1v) is 5.32. The van der Waals surface area contributed by atoms with Crippen LogP contribution in [0.4, 0.5) is 0 Å². The largest absolute Gasteiger partial charge is 0.345 e. The van der Waals surface area contributed by atoms with E-state index >= 15 is 0 Å². The molecule has 4 nitrogen and oxygen atoms in total. The minimum Gasteiger partial charge on any atom is -0.345 e. The second-order valence-corrected chi connectivity index (χ2v) is 4.21. The summed E-state index contributed by atoms with van der Waals surface area (Å²) >= 11 is 1.31. The Morgan fingerprint density at radius 3 is 3.08 bits per heavy atom. The van der Waals surface area contributed by atoms with Crippen molar-refractivity contribution >= 4 is 38.0 Å². The van der Waals surface area contributed by atoms with Gasteiger partial charge in [0.05, 0.1) is 10.3 Å². The van der Waals surface area contributed by atoms with E-state index in [-0.39, 0.29) is 0 Å². The molecule has 0 saturated heterocycles. The number of pyridine rings is 1. The Labute approximate surface area is 84.8 Å². The number of hydrogen-bond donors (Lipinski definition) is 2. The molecule has 0 amide bonds. The molecule has 0 fully saturated rings. The van der Waals surface area contributed by atoms with Gasteiger partial charge >= 0.3 is 0 Å². The van der Waals surface area contributed by atoms with Crippen molar-refractivity contribution in [1.82, 2.24) is 9.97 Å². The van der Waals surface area contributed by atoms with Crippen molar-refractivity contribution in [2.75, 3.05) is 0 Å². The highest BCUT2D eigenvalue weighted by atomic mass is 79.9. The molecule has 0 aliphatic heterocycles. The molecule has 0 aliphatic rings. The van der Waals surface area contributed by atoms with E-state index in [1.165, 1.54) is 6.20 Å². The minimum absolute atomic E-state index is 0.343. The first-order valence-electron chi connectivity index (χ1n) is 3.42. The topological polar surface area (TPSA) is 66.0 Å². The van der Waals surface area contributed by atoms with Gasteiger partial charge in [-0.1, -0.05) is 0 Å². The highest BCUT2D eigenvalue weighted by molar-refractivity contribution is 9.10. The van der Waals surface area contributed by atoms with Crippen molar-refractivity contribution < 1.29 is 8.76 Å². The van der Waals surface area contributed by atoms with E-state index in [0.29, 0.717) is 15.9 Å². The van der Waals surface area contributed by atoms with Crippen molar-refractivity contribution in [3.63, 3.8) is 0 Å². The lowest BCUT2D eigenvalue weighted by Crippen LogP contribution is -1.86. The highest BCUT2D eigenvalue weighted by Crippen LogP contribution is 2.26. The van der Waals surface area contributed by atoms with Crippen LogP contribution in [0.2, 0.25) is 0 Å². The van der Waals surface area contributed by atoms with Gasteiger partial charge in [-0.2, -0.15) is 0 Å². The van der Waals surface area contributed by atoms with Gasteiger partial charge in [-0.3, -0.25) is 0 Å². The molecule has 13 heavy (non-hydrogen) atoms. The lowest BCUT2D eigenvalue weighted by Gasteiger charge is -1.94. The first kappa shape index (κ1) is 8.86. The van der Waals surface area contributed by atoms with E-state index < -0.39 is 11.1 Å². The first-order chi connectivity index (χ1) is 6.20. The lowest BCUT2D eigenvalue weighted by atomic mass is 10.3. The SMILES string of the molecule is O=S(O)c1c[nH]c2nccc(Br)c12. The molecule has 0 spiro atoms. The van der Waals surface area contributed by atoms with Crippen LogP contribution >= 0.6 is 15.9 Å². The van der Waals surface area contributed by atoms with Crippen molar-refractivity contribution in [3.05, 3.63) is 22.9 Å². The van der Waals surface area contributed by atoms with Crippen LogP contribution in [-0.4, -0.2) is 18.7 Å². The summed E-state index contributed by atoms with van der Waals surface area (Å²) in [6.07, 6.45) is 3.10. The predicted octanol–water partition coefficient (Wildman–Crippen LogP) is 1.91. The van der Waals surface area contributed by atoms with Crippen LogP contribution in [0.5, 0.6) is 0 Å². The number of H-pyrrole nitrogens is 1. The van der Waals surface area contributed by atoms with Gasteiger partial charge in [-0.05, 0) is 22.0 Å². The normalized spacial score (nSPS) is 13.4. The van der Waals surface area contributed by atoms with Crippen molar-refractivity contribution in [1.29, 1.82) is 0 Å². The fraction of sp³-hybridized carbons (Fsp3) is 0. The maximum absolute atomic E-state index is 10.9. The average molecular weight is 261 g/mol. The Hall–Kier alpha value is -0.720. The zero-order valence-corrected chi connectivity index (χ0v) is 8.72. The highest BCUT2D eigenvalue weighted by Gasteiger charge is 2.11. The third-order valence-corrected chi connectivity index (χ3v) is 3.03. The summed E-state index contributed by atoms with van der Waals surface area (Å²) in [5, 5.41) is 0.656. The molecule has 2 aromatic heterocycles. The van der Waals surface area contributed by atoms with Crippen LogP contribution in [0.15, 0.2) is 27.8 Å². The Kier molecular flexibility index (Phi) is 2.19. The van der Waals surface area contributed by atoms with Crippen LogP contribution in [0.1, 0.15) is 0 Å². The van der Waals surface area contributed by atoms with Gasteiger partial charge in [-0.15, -0.1) is 0 Å². The molecule has 2 N–H and O–H groups in total. The Morgan fingerprint density at radius 2 is 2.38 bits per heavy atom. The van der Waals surface area contributed by atoms with E-state index in [2.05, 4.69) is 25.9 Å². The van der Waals surface area contributed by atoms with Crippen LogP contribution < -0.4 is 0 Å². The number of hydrogen-bond acceptors (Lipinski definition) is 2. The molecule has 0 aliphatic carbocycles. The molecule has 2 aromatic rings. The smallest absolute Gasteiger partial charge is 0.188 e. The molecular formula is C7H5BrN2O2S. The third-order valence-electron chi connectivity index (χ3n) is 1.67. The molecule has 0 bridgehead atoms. The maximum Gasteiger partial charge on any atom is 0.188 e. The van der Waals surface area contributed by atoms with E-state index in [0.717, 1.165) is 4.47 Å². The van der Waals surface area contributed by atoms with Crippen LogP contribution in [0.25, 0.3) is 11.0 Å². The zero-order chi connectivity index (χ0) is 9.42. The van der Waals surface area contributed by atoms with Crippen molar-refractivity contribution in [2.45, 2.75) is 4.90 Å². The standard InChI is InChI=1S/C7H5BrN2O2S/c8-4-1-2-9-7-6(4)5(3-10-7)13(11)12/h1-3H,(H,9,10)(H,11,12). The summed E-state index contributed by atoms with van der Waals surface area (Å²) in [7, 11) is 0. The van der Waals surface area contributed by atoms with E-state index in [4.69, 9.17) is 4.55 Å². The molecule has 0 radical (unpaired) electrons. The van der Waals surface area contributed by atoms with E-state index in [1.807, 2.05) is 0 Å². The van der Waals surface area contributed by atoms with Crippen LogP contribution in [0.3, 0.4) is 0 Å². The second-order valence-electron chi connectivity index (χ2n) is 2.42. The van der Waals surface area contributed by atoms with E-state index in [1.54, 1.807) is 12.3 Å². The van der Waals surface area contributed by atoms with Crippen LogP contribution in [0, 0.1) is 0 Å². The number of halogens is 1. The summed E-state index contributed by atoms with van der Waals surface area (Å²) in [5.41, 5.74) is 0.603. The molecule has 1 atom stereocenters. The summed E-state index contributed by atoms with van der Waals surface area (Å²) in [4.78, 5) is 7.17. The number of aromatic amines is 1. The van der Waals surface area contributed by atoms with Gasteiger partial charge in [0.1, 0.15) is 5.65 Å². The van der Waals surface area contributed by atoms with Gasteiger partial charge in [0, 0.05) is 16.9 Å². The predicted molar refractivity (Wildman–Crippen MR) is 52.8 cm³/mol. The Morgan fingerprint density at radius 1 is 1.62 bits per heavy atom. The molecular weight excluding hydrogens is 256 g/mol. The maximum atomic E-state index is 10.9. The number of nitrogens with zero attached hydrogens (tertiary/aromatic N) is 1. The number of fused-ring (bicyclic) bond motifs is 1. The Balaban J connectivity index is 2.86. The van der Waals surface area contributed by atoms with Gasteiger partial charge in [0.25, 0.3) is 0 Å². The Bertz CT molecular complexity index is 482. The van der Waals surface area contributed by atoms with Crippen LogP contribution in [-0.2, 0) is 11.1 Å². The monoisotopic (exact) mass is 260 g/mol. The minimum atomic E-state index is -1.98. The molecule has 6 heteroatoms. The number of nitrogens with one attached hydrogen (secondary N) is 1. The average Bonchev–Trinajstić information content (AvgIpc) is 2.49. The van der Waals surface area contributed by atoms with Gasteiger partial charge < -0.3 is 9.54 Å². The number of aromatic nitrogens is 2. The van der Waals surface area contributed by atoms with Gasteiger partial charge in [-0.25, -0.2) is 9.19 Å². The molecule has 68 valence electrons. The quantitative estimate of drug-likeness (QED) is 0.770. The van der Waals surface area contributed by atoms with Crippen molar-refractivity contribution in [2.24, 2.45) is 0 Å². The summed E-state index contributed by atoms with van der Waals surface area (Å²) in [5.74, 6) is 0. The fourth-order valence-corrected chi connectivity index (χ4v) is 2.32. The van der Waals surface area contributed by atoms with E-state index in [9.17, 15) is 4.21 Å². The molecule has 1 unspecified atom stereocenters. The van der Waals surface area contributed by atoms with Gasteiger partial charge in [0.15, 0.2) is 11.1 Å². The molecule has 2 rings (SSSR count). The zero-order valence-electron chi connectivity index (χ0n) is 6.32. The fourth-order valence-electron chi connectivity index (χ4n) is 1.13. The molecule has 0 saturated carbocycles. The van der Waals surface area contributed by atoms with Crippen molar-refractivity contribution in [3.8, 4) is 0 Å². The summed E-state index contributed by atoms with van der Waals surface area (Å²) < 4.78 is 20.6. The molecule has 0 aromatic carbocycles.